The summed E-state index contributed by atoms with van der Waals surface area (Å²) in [5.41, 5.74) is 0.153. The van der Waals surface area contributed by atoms with Gasteiger partial charge in [0.15, 0.2) is 0 Å². The van der Waals surface area contributed by atoms with Gasteiger partial charge in [0.1, 0.15) is 0 Å². The van der Waals surface area contributed by atoms with Gasteiger partial charge in [-0.2, -0.15) is 0 Å². The molecule has 0 aromatic carbocycles. The predicted molar refractivity (Wildman–Crippen MR) is 56.4 cm³/mol. The van der Waals surface area contributed by atoms with Gasteiger partial charge in [-0.15, -0.1) is 10.2 Å². The molecule has 0 bridgehead atoms. The number of aromatic nitrogens is 2. The molecule has 1 aliphatic rings. The van der Waals surface area contributed by atoms with E-state index in [1.165, 1.54) is 0 Å². The molecule has 1 aromatic heterocycles. The van der Waals surface area contributed by atoms with Crippen LogP contribution in [0, 0.1) is 6.92 Å². The molecule has 1 aromatic rings. The molecule has 0 atom stereocenters. The van der Waals surface area contributed by atoms with Gasteiger partial charge in [0, 0.05) is 32.1 Å². The molecule has 0 amide bonds. The molecule has 1 saturated heterocycles. The Kier molecular flexibility index (Phi) is 2.75. The molecule has 0 unspecified atom stereocenters. The van der Waals surface area contributed by atoms with Crippen LogP contribution in [0.2, 0.25) is 0 Å². The highest BCUT2D eigenvalue weighted by Gasteiger charge is 2.30. The minimum Gasteiger partial charge on any atom is -0.424 e. The topological polar surface area (TPSA) is 54.2 Å². The van der Waals surface area contributed by atoms with Crippen molar-refractivity contribution in [2.24, 2.45) is 0 Å². The maximum Gasteiger partial charge on any atom is 0.230 e. The van der Waals surface area contributed by atoms with Crippen molar-refractivity contribution in [1.82, 2.24) is 20.4 Å². The first-order chi connectivity index (χ1) is 7.08. The lowest BCUT2D eigenvalue weighted by molar-refractivity contribution is 0.0732. The molecule has 84 valence electrons. The second kappa shape index (κ2) is 3.90. The van der Waals surface area contributed by atoms with Gasteiger partial charge < -0.3 is 9.73 Å². The highest BCUT2D eigenvalue weighted by molar-refractivity contribution is 4.91. The van der Waals surface area contributed by atoms with Gasteiger partial charge in [0.05, 0.1) is 6.54 Å². The summed E-state index contributed by atoms with van der Waals surface area (Å²) >= 11 is 0. The van der Waals surface area contributed by atoms with Crippen LogP contribution in [-0.2, 0) is 6.54 Å². The van der Waals surface area contributed by atoms with Crippen LogP contribution in [0.1, 0.15) is 25.6 Å². The van der Waals surface area contributed by atoms with Crippen LogP contribution < -0.4 is 5.32 Å². The first-order valence-corrected chi connectivity index (χ1v) is 5.33. The maximum absolute atomic E-state index is 5.40. The zero-order valence-electron chi connectivity index (χ0n) is 9.58. The molecule has 0 spiro atoms. The second-order valence-electron chi connectivity index (χ2n) is 4.63. The summed E-state index contributed by atoms with van der Waals surface area (Å²) in [5, 5.41) is 11.3. The van der Waals surface area contributed by atoms with Gasteiger partial charge in [-0.05, 0) is 13.8 Å². The van der Waals surface area contributed by atoms with Gasteiger partial charge in [-0.1, -0.05) is 0 Å². The summed E-state index contributed by atoms with van der Waals surface area (Å²) in [6.45, 7) is 10.1. The molecule has 5 heteroatoms. The van der Waals surface area contributed by atoms with Crippen molar-refractivity contribution in [2.45, 2.75) is 32.9 Å². The van der Waals surface area contributed by atoms with Crippen molar-refractivity contribution in [1.29, 1.82) is 0 Å². The van der Waals surface area contributed by atoms with E-state index in [1.54, 1.807) is 0 Å². The van der Waals surface area contributed by atoms with E-state index in [4.69, 9.17) is 4.42 Å². The van der Waals surface area contributed by atoms with E-state index in [0.29, 0.717) is 11.8 Å². The first kappa shape index (κ1) is 10.6. The molecule has 0 radical (unpaired) electrons. The lowest BCUT2D eigenvalue weighted by atomic mass is 10.0. The summed E-state index contributed by atoms with van der Waals surface area (Å²) in [7, 11) is 0. The van der Waals surface area contributed by atoms with Gasteiger partial charge >= 0.3 is 0 Å². The average molecular weight is 210 g/mol. The number of piperazine rings is 1. The van der Waals surface area contributed by atoms with E-state index in [0.717, 1.165) is 26.2 Å². The third-order valence-corrected chi connectivity index (χ3v) is 2.87. The fraction of sp³-hybridized carbons (Fsp3) is 0.800. The monoisotopic (exact) mass is 210 g/mol. The predicted octanol–water partition coefficient (Wildman–Crippen LogP) is 0.562. The Morgan fingerprint density at radius 1 is 1.47 bits per heavy atom. The maximum atomic E-state index is 5.40. The Bertz CT molecular complexity index is 334. The molecule has 0 saturated carbocycles. The second-order valence-corrected chi connectivity index (χ2v) is 4.63. The smallest absolute Gasteiger partial charge is 0.230 e. The van der Waals surface area contributed by atoms with E-state index in [1.807, 2.05) is 6.92 Å². The summed E-state index contributed by atoms with van der Waals surface area (Å²) < 4.78 is 5.40. The van der Waals surface area contributed by atoms with Crippen molar-refractivity contribution in [3.63, 3.8) is 0 Å². The largest absolute Gasteiger partial charge is 0.424 e. The molecule has 2 heterocycles. The molecule has 2 rings (SSSR count). The van der Waals surface area contributed by atoms with Gasteiger partial charge in [0.25, 0.3) is 0 Å². The van der Waals surface area contributed by atoms with Gasteiger partial charge in [0.2, 0.25) is 11.8 Å². The van der Waals surface area contributed by atoms with Crippen molar-refractivity contribution in [3.8, 4) is 0 Å². The van der Waals surface area contributed by atoms with Crippen LogP contribution in [0.5, 0.6) is 0 Å². The lowest BCUT2D eigenvalue weighted by Crippen LogP contribution is -2.57. The molecular weight excluding hydrogens is 192 g/mol. The molecule has 1 N–H and O–H groups in total. The van der Waals surface area contributed by atoms with Gasteiger partial charge in [-0.3, -0.25) is 4.90 Å². The molecule has 5 nitrogen and oxygen atoms in total. The Balaban J connectivity index is 2.04. The van der Waals surface area contributed by atoms with E-state index in [2.05, 4.69) is 34.3 Å². The van der Waals surface area contributed by atoms with E-state index >= 15 is 0 Å². The summed E-state index contributed by atoms with van der Waals surface area (Å²) in [6, 6.07) is 0. The number of nitrogens with one attached hydrogen (secondary N) is 1. The zero-order valence-corrected chi connectivity index (χ0v) is 9.58. The Morgan fingerprint density at radius 2 is 2.27 bits per heavy atom. The van der Waals surface area contributed by atoms with Crippen molar-refractivity contribution in [2.75, 3.05) is 19.6 Å². The number of hydrogen-bond acceptors (Lipinski definition) is 5. The first-order valence-electron chi connectivity index (χ1n) is 5.33. The molecule has 1 fully saturated rings. The minimum absolute atomic E-state index is 0.153. The number of rotatable bonds is 2. The fourth-order valence-corrected chi connectivity index (χ4v) is 1.88. The Morgan fingerprint density at radius 3 is 2.87 bits per heavy atom. The van der Waals surface area contributed by atoms with Crippen molar-refractivity contribution >= 4 is 0 Å². The van der Waals surface area contributed by atoms with Crippen LogP contribution in [0.25, 0.3) is 0 Å². The van der Waals surface area contributed by atoms with Crippen LogP contribution in [-0.4, -0.2) is 40.3 Å². The quantitative estimate of drug-likeness (QED) is 0.773. The highest BCUT2D eigenvalue weighted by atomic mass is 16.4. The Hall–Kier alpha value is -0.940. The third-order valence-electron chi connectivity index (χ3n) is 2.87. The van der Waals surface area contributed by atoms with E-state index in [-0.39, 0.29) is 5.54 Å². The molecular formula is C10H18N4O. The molecule has 1 aliphatic heterocycles. The van der Waals surface area contributed by atoms with Crippen LogP contribution in [0.15, 0.2) is 4.42 Å². The van der Waals surface area contributed by atoms with Crippen molar-refractivity contribution < 1.29 is 4.42 Å². The number of hydrogen-bond donors (Lipinski definition) is 1. The molecule has 15 heavy (non-hydrogen) atoms. The zero-order chi connectivity index (χ0) is 10.9. The molecule has 0 aliphatic carbocycles. The van der Waals surface area contributed by atoms with Crippen LogP contribution in [0.4, 0.5) is 0 Å². The summed E-state index contributed by atoms with van der Waals surface area (Å²) in [5.74, 6) is 1.35. The highest BCUT2D eigenvalue weighted by Crippen LogP contribution is 2.18. The summed E-state index contributed by atoms with van der Waals surface area (Å²) in [6.07, 6.45) is 0. The van der Waals surface area contributed by atoms with Gasteiger partial charge in [-0.25, -0.2) is 0 Å². The normalized spacial score (nSPS) is 21.8. The van der Waals surface area contributed by atoms with Crippen molar-refractivity contribution in [3.05, 3.63) is 11.8 Å². The number of nitrogens with zero attached hydrogens (tertiary/aromatic N) is 3. The van der Waals surface area contributed by atoms with E-state index < -0.39 is 0 Å². The minimum atomic E-state index is 0.153. The number of aryl methyl sites for hydroxylation is 1. The SMILES string of the molecule is Cc1nnc(CN2CCNCC2(C)C)o1. The third kappa shape index (κ3) is 2.35. The lowest BCUT2D eigenvalue weighted by Gasteiger charge is -2.42. The average Bonchev–Trinajstić information content (AvgIpc) is 2.55. The Labute approximate surface area is 89.9 Å². The van der Waals surface area contributed by atoms with E-state index in [9.17, 15) is 0 Å². The summed E-state index contributed by atoms with van der Waals surface area (Å²) in [4.78, 5) is 2.37. The van der Waals surface area contributed by atoms with Crippen LogP contribution >= 0.6 is 0 Å². The fourth-order valence-electron chi connectivity index (χ4n) is 1.88. The standard InChI is InChI=1S/C10H18N4O/c1-8-12-13-9(15-8)6-14-5-4-11-7-10(14,2)3/h11H,4-7H2,1-3H3. The van der Waals surface area contributed by atoms with Crippen LogP contribution in [0.3, 0.4) is 0 Å².